The largest absolute Gasteiger partial charge is 0.453 e. The molecule has 56 heavy (non-hydrogen) atoms. The average molecular weight is 719 g/mol. The van der Waals surface area contributed by atoms with Crippen molar-refractivity contribution >= 4 is 55.7 Å². The van der Waals surface area contributed by atoms with Gasteiger partial charge in [0.05, 0.1) is 17.1 Å². The maximum absolute atomic E-state index is 6.73. The highest BCUT2D eigenvalue weighted by molar-refractivity contribution is 6.06. The molecule has 0 fully saturated rings. The molecule has 0 spiro atoms. The van der Waals surface area contributed by atoms with Crippen molar-refractivity contribution in [3.63, 3.8) is 0 Å². The number of hydrogen-bond acceptors (Lipinski definition) is 3. The van der Waals surface area contributed by atoms with Gasteiger partial charge in [0.25, 0.3) is 0 Å². The molecule has 0 amide bonds. The molecule has 9 aromatic carbocycles. The quantitative estimate of drug-likeness (QED) is 0.176. The number of anilines is 6. The van der Waals surface area contributed by atoms with Gasteiger partial charge in [0.15, 0.2) is 11.5 Å². The second kappa shape index (κ2) is 12.5. The van der Waals surface area contributed by atoms with Gasteiger partial charge in [-0.15, -0.1) is 0 Å². The lowest BCUT2D eigenvalue weighted by Crippen LogP contribution is -2.32. The second-order valence-electron chi connectivity index (χ2n) is 15.4. The first-order valence-electron chi connectivity index (χ1n) is 19.3. The molecular formula is C53H38N2O. The Labute approximate surface area is 327 Å². The number of nitrogens with zero attached hydrogens (tertiary/aromatic N) is 2. The van der Waals surface area contributed by atoms with Gasteiger partial charge in [0, 0.05) is 27.9 Å². The lowest BCUT2D eigenvalue weighted by Gasteiger charge is -2.45. The normalized spacial score (nSPS) is 13.4. The zero-order valence-electron chi connectivity index (χ0n) is 31.3. The van der Waals surface area contributed by atoms with E-state index in [9.17, 15) is 0 Å². The van der Waals surface area contributed by atoms with Gasteiger partial charge in [-0.25, -0.2) is 0 Å². The monoisotopic (exact) mass is 718 g/mol. The van der Waals surface area contributed by atoms with Crippen molar-refractivity contribution < 1.29 is 4.74 Å². The average Bonchev–Trinajstić information content (AvgIpc) is 3.25. The number of ether oxygens (including phenoxy) is 1. The van der Waals surface area contributed by atoms with Crippen LogP contribution in [0.5, 0.6) is 11.5 Å². The van der Waals surface area contributed by atoms with E-state index in [1.54, 1.807) is 0 Å². The Morgan fingerprint density at radius 3 is 1.79 bits per heavy atom. The Balaban J connectivity index is 1.11. The molecule has 0 unspecified atom stereocenters. The van der Waals surface area contributed by atoms with Gasteiger partial charge >= 0.3 is 0 Å². The van der Waals surface area contributed by atoms with Crippen LogP contribution in [0.1, 0.15) is 25.0 Å². The highest BCUT2D eigenvalue weighted by Gasteiger charge is 2.42. The standard InChI is InChI=1S/C53H38N2O/c1-53(2)46-32-31-42(34-48(46)55-51-45-18-9-7-15-38(45)26-33-50(51)56-49-21-11-20-47(53)52(49)55)54(40-27-22-36(23-28-40)35-12-4-3-5-13-35)41-29-24-39(25-30-41)44-19-10-16-37-14-6-8-17-43(37)44/h3-34H,1-2H3. The Morgan fingerprint density at radius 2 is 1.02 bits per heavy atom. The second-order valence-corrected chi connectivity index (χ2v) is 15.4. The fraction of sp³-hybridized carbons (Fsp3) is 0.0566. The molecule has 0 bridgehead atoms. The topological polar surface area (TPSA) is 15.7 Å². The Hall–Kier alpha value is -7.10. The Bertz CT molecular complexity index is 2960. The van der Waals surface area contributed by atoms with Gasteiger partial charge in [-0.2, -0.15) is 0 Å². The fourth-order valence-corrected chi connectivity index (χ4v) is 9.02. The minimum Gasteiger partial charge on any atom is -0.453 e. The summed E-state index contributed by atoms with van der Waals surface area (Å²) < 4.78 is 6.73. The molecule has 3 nitrogen and oxygen atoms in total. The first-order valence-corrected chi connectivity index (χ1v) is 19.3. The van der Waals surface area contributed by atoms with Crippen molar-refractivity contribution in [2.45, 2.75) is 19.3 Å². The summed E-state index contributed by atoms with van der Waals surface area (Å²) in [6.07, 6.45) is 0. The van der Waals surface area contributed by atoms with E-state index < -0.39 is 0 Å². The van der Waals surface area contributed by atoms with Gasteiger partial charge in [-0.3, -0.25) is 0 Å². The molecule has 2 heterocycles. The van der Waals surface area contributed by atoms with Crippen molar-refractivity contribution in [3.8, 4) is 33.8 Å². The highest BCUT2D eigenvalue weighted by Crippen LogP contribution is 2.61. The summed E-state index contributed by atoms with van der Waals surface area (Å²) in [5.41, 5.74) is 13.7. The summed E-state index contributed by atoms with van der Waals surface area (Å²) in [6.45, 7) is 4.67. The molecule has 0 N–H and O–H groups in total. The first kappa shape index (κ1) is 32.3. The van der Waals surface area contributed by atoms with Crippen molar-refractivity contribution in [2.24, 2.45) is 0 Å². The van der Waals surface area contributed by atoms with Crippen LogP contribution in [0.25, 0.3) is 43.8 Å². The molecule has 0 saturated heterocycles. The summed E-state index contributed by atoms with van der Waals surface area (Å²) in [5.74, 6) is 1.74. The third-order valence-corrected chi connectivity index (χ3v) is 11.8. The van der Waals surface area contributed by atoms with Crippen LogP contribution in [0.4, 0.5) is 34.1 Å². The maximum Gasteiger partial charge on any atom is 0.152 e. The molecule has 0 atom stereocenters. The van der Waals surface area contributed by atoms with Crippen LogP contribution in [-0.2, 0) is 5.41 Å². The predicted molar refractivity (Wildman–Crippen MR) is 234 cm³/mol. The molecule has 0 saturated carbocycles. The van der Waals surface area contributed by atoms with Crippen LogP contribution in [0.15, 0.2) is 194 Å². The van der Waals surface area contributed by atoms with E-state index in [0.717, 1.165) is 45.6 Å². The number of fused-ring (bicyclic) bond motifs is 7. The summed E-state index contributed by atoms with van der Waals surface area (Å²) in [5, 5.41) is 4.85. The Kier molecular flexibility index (Phi) is 7.20. The van der Waals surface area contributed by atoms with Crippen molar-refractivity contribution in [2.75, 3.05) is 9.80 Å². The van der Waals surface area contributed by atoms with E-state index >= 15 is 0 Å². The van der Waals surface area contributed by atoms with Crippen LogP contribution in [-0.4, -0.2) is 0 Å². The molecule has 3 heteroatoms. The lowest BCUT2D eigenvalue weighted by molar-refractivity contribution is 0.472. The minimum atomic E-state index is -0.260. The van der Waals surface area contributed by atoms with Crippen LogP contribution >= 0.6 is 0 Å². The molecule has 0 aromatic heterocycles. The van der Waals surface area contributed by atoms with E-state index in [1.165, 1.54) is 54.9 Å². The van der Waals surface area contributed by atoms with Crippen LogP contribution in [0.2, 0.25) is 0 Å². The summed E-state index contributed by atoms with van der Waals surface area (Å²) >= 11 is 0. The molecular weight excluding hydrogens is 681 g/mol. The molecule has 0 radical (unpaired) electrons. The third kappa shape index (κ3) is 4.98. The van der Waals surface area contributed by atoms with Gasteiger partial charge in [-0.05, 0) is 98.1 Å². The van der Waals surface area contributed by atoms with E-state index in [-0.39, 0.29) is 5.41 Å². The third-order valence-electron chi connectivity index (χ3n) is 11.8. The summed E-state index contributed by atoms with van der Waals surface area (Å²) in [4.78, 5) is 4.86. The zero-order chi connectivity index (χ0) is 37.4. The number of para-hydroxylation sites is 1. The number of hydrogen-bond donors (Lipinski definition) is 0. The van der Waals surface area contributed by atoms with Crippen molar-refractivity contribution in [1.29, 1.82) is 0 Å². The molecule has 11 rings (SSSR count). The SMILES string of the molecule is CC1(C)c2ccc(N(c3ccc(-c4ccccc4)cc3)c3ccc(-c4cccc5ccccc45)cc3)cc2N2c3c(cccc31)Oc1ccc3ccccc3c12. The first-order chi connectivity index (χ1) is 27.5. The van der Waals surface area contributed by atoms with Gasteiger partial charge in [0.1, 0.15) is 0 Å². The van der Waals surface area contributed by atoms with Crippen LogP contribution in [0.3, 0.4) is 0 Å². The molecule has 9 aromatic rings. The van der Waals surface area contributed by atoms with E-state index in [0.29, 0.717) is 0 Å². The van der Waals surface area contributed by atoms with E-state index in [1.807, 2.05) is 0 Å². The van der Waals surface area contributed by atoms with Gasteiger partial charge in [0.2, 0.25) is 0 Å². The lowest BCUT2D eigenvalue weighted by atomic mass is 9.73. The Morgan fingerprint density at radius 1 is 0.429 bits per heavy atom. The van der Waals surface area contributed by atoms with Crippen molar-refractivity contribution in [3.05, 3.63) is 205 Å². The predicted octanol–water partition coefficient (Wildman–Crippen LogP) is 15.0. The highest BCUT2D eigenvalue weighted by atomic mass is 16.5. The molecule has 2 aliphatic rings. The molecule has 0 aliphatic carbocycles. The van der Waals surface area contributed by atoms with Gasteiger partial charge in [-0.1, -0.05) is 159 Å². The maximum atomic E-state index is 6.73. The number of benzene rings is 9. The minimum absolute atomic E-state index is 0.260. The number of rotatable bonds is 5. The molecule has 2 aliphatic heterocycles. The van der Waals surface area contributed by atoms with E-state index in [4.69, 9.17) is 4.74 Å². The summed E-state index contributed by atoms with van der Waals surface area (Å²) in [6, 6.07) is 70.2. The smallest absolute Gasteiger partial charge is 0.152 e. The van der Waals surface area contributed by atoms with Crippen LogP contribution < -0.4 is 14.5 Å². The van der Waals surface area contributed by atoms with Crippen LogP contribution in [0, 0.1) is 0 Å². The molecule has 266 valence electrons. The van der Waals surface area contributed by atoms with Gasteiger partial charge < -0.3 is 14.5 Å². The van der Waals surface area contributed by atoms with Crippen molar-refractivity contribution in [1.82, 2.24) is 0 Å². The zero-order valence-corrected chi connectivity index (χ0v) is 31.3. The fourth-order valence-electron chi connectivity index (χ4n) is 9.02. The summed E-state index contributed by atoms with van der Waals surface area (Å²) in [7, 11) is 0. The van der Waals surface area contributed by atoms with E-state index in [2.05, 4.69) is 218 Å².